The van der Waals surface area contributed by atoms with Crippen molar-refractivity contribution < 1.29 is 9.59 Å². The highest BCUT2D eigenvalue weighted by Crippen LogP contribution is 2.46. The van der Waals surface area contributed by atoms with Crippen LogP contribution in [0.4, 0.5) is 5.69 Å². The fourth-order valence-corrected chi connectivity index (χ4v) is 3.57. The van der Waals surface area contributed by atoms with E-state index in [1.54, 1.807) is 12.2 Å². The molecule has 128 valence electrons. The van der Waals surface area contributed by atoms with Crippen molar-refractivity contribution in [3.63, 3.8) is 0 Å². The number of rotatable bonds is 2. The number of benzene rings is 2. The Balaban J connectivity index is 1.87. The summed E-state index contributed by atoms with van der Waals surface area (Å²) in [6.07, 6.45) is 4.71. The minimum atomic E-state index is -1.04. The van der Waals surface area contributed by atoms with Crippen molar-refractivity contribution in [2.75, 3.05) is 5.01 Å². The number of hydrogen-bond acceptors (Lipinski definition) is 3. The van der Waals surface area contributed by atoms with E-state index in [1.165, 1.54) is 11.1 Å². The van der Waals surface area contributed by atoms with E-state index in [1.807, 2.05) is 68.4 Å². The van der Waals surface area contributed by atoms with Gasteiger partial charge in [-0.15, -0.1) is 0 Å². The molecule has 2 aromatic rings. The predicted octanol–water partition coefficient (Wildman–Crippen LogP) is 3.93. The van der Waals surface area contributed by atoms with Crippen molar-refractivity contribution in [3.05, 3.63) is 84.0 Å². The van der Waals surface area contributed by atoms with Crippen LogP contribution in [0.15, 0.2) is 77.9 Å². The number of aryl methyl sites for hydroxylation is 1. The second kappa shape index (κ2) is 5.92. The minimum Gasteiger partial charge on any atom is -0.290 e. The molecule has 2 aromatic carbocycles. The zero-order valence-electron chi connectivity index (χ0n) is 14.6. The molecule has 1 amide bonds. The first kappa shape index (κ1) is 16.2. The SMILES string of the molecule is CC1=NN(c2ccccc2)C(=O)C12C=CC(=O)C=C2c1cccc(C)c1. The van der Waals surface area contributed by atoms with Gasteiger partial charge in [-0.3, -0.25) is 9.59 Å². The molecule has 0 aromatic heterocycles. The highest BCUT2D eigenvalue weighted by atomic mass is 16.2. The van der Waals surface area contributed by atoms with Gasteiger partial charge >= 0.3 is 0 Å². The van der Waals surface area contributed by atoms with Gasteiger partial charge in [-0.1, -0.05) is 54.1 Å². The summed E-state index contributed by atoms with van der Waals surface area (Å²) in [5.74, 6) is -0.288. The molecular formula is C22H18N2O2. The lowest BCUT2D eigenvalue weighted by atomic mass is 9.70. The maximum Gasteiger partial charge on any atom is 0.267 e. The molecular weight excluding hydrogens is 324 g/mol. The van der Waals surface area contributed by atoms with Gasteiger partial charge in [-0.05, 0) is 49.3 Å². The van der Waals surface area contributed by atoms with Gasteiger partial charge in [-0.25, -0.2) is 0 Å². The largest absolute Gasteiger partial charge is 0.290 e. The summed E-state index contributed by atoms with van der Waals surface area (Å²) in [7, 11) is 0. The molecule has 1 spiro atoms. The van der Waals surface area contributed by atoms with Crippen molar-refractivity contribution in [2.45, 2.75) is 13.8 Å². The summed E-state index contributed by atoms with van der Waals surface area (Å²) < 4.78 is 0. The number of nitrogens with zero attached hydrogens (tertiary/aromatic N) is 2. The molecule has 1 unspecified atom stereocenters. The molecule has 4 nitrogen and oxygen atoms in total. The van der Waals surface area contributed by atoms with Gasteiger partial charge in [-0.2, -0.15) is 10.1 Å². The maximum absolute atomic E-state index is 13.5. The third-order valence-electron chi connectivity index (χ3n) is 4.89. The molecule has 1 atom stereocenters. The third kappa shape index (κ3) is 2.34. The molecule has 2 aliphatic rings. The number of hydrazone groups is 1. The van der Waals surface area contributed by atoms with E-state index in [0.29, 0.717) is 17.0 Å². The molecule has 1 heterocycles. The van der Waals surface area contributed by atoms with Crippen LogP contribution in [0.5, 0.6) is 0 Å². The molecule has 0 bridgehead atoms. The lowest BCUT2D eigenvalue weighted by Gasteiger charge is -2.30. The van der Waals surface area contributed by atoms with Crippen molar-refractivity contribution >= 4 is 28.7 Å². The number of allylic oxidation sites excluding steroid dienone is 2. The fraction of sp³-hybridized carbons (Fsp3) is 0.136. The predicted molar refractivity (Wildman–Crippen MR) is 103 cm³/mol. The summed E-state index contributed by atoms with van der Waals surface area (Å²) in [6.45, 7) is 3.83. The average molecular weight is 342 g/mol. The average Bonchev–Trinajstić information content (AvgIpc) is 2.90. The Labute approximate surface area is 152 Å². The van der Waals surface area contributed by atoms with Crippen LogP contribution in [0.1, 0.15) is 18.1 Å². The quantitative estimate of drug-likeness (QED) is 0.830. The molecule has 0 saturated carbocycles. The number of carbonyl (C=O) groups is 2. The first-order chi connectivity index (χ1) is 12.5. The van der Waals surface area contributed by atoms with E-state index in [0.717, 1.165) is 11.1 Å². The Morgan fingerprint density at radius 3 is 2.46 bits per heavy atom. The summed E-state index contributed by atoms with van der Waals surface area (Å²) in [5, 5.41) is 5.97. The van der Waals surface area contributed by atoms with Crippen molar-refractivity contribution in [2.24, 2.45) is 10.5 Å². The second-order valence-corrected chi connectivity index (χ2v) is 6.61. The molecule has 0 N–H and O–H groups in total. The molecule has 1 aliphatic carbocycles. The van der Waals surface area contributed by atoms with Gasteiger partial charge in [0.2, 0.25) is 0 Å². The van der Waals surface area contributed by atoms with Crippen LogP contribution in [0.3, 0.4) is 0 Å². The first-order valence-corrected chi connectivity index (χ1v) is 8.50. The van der Waals surface area contributed by atoms with Crippen LogP contribution in [0.2, 0.25) is 0 Å². The third-order valence-corrected chi connectivity index (χ3v) is 4.89. The van der Waals surface area contributed by atoms with Crippen molar-refractivity contribution in [3.8, 4) is 0 Å². The number of amides is 1. The normalized spacial score (nSPS) is 22.0. The number of ketones is 1. The first-order valence-electron chi connectivity index (χ1n) is 8.50. The van der Waals surface area contributed by atoms with E-state index in [4.69, 9.17) is 0 Å². The number of anilines is 1. The Bertz CT molecular complexity index is 1000. The number of hydrogen-bond donors (Lipinski definition) is 0. The van der Waals surface area contributed by atoms with E-state index < -0.39 is 5.41 Å². The topological polar surface area (TPSA) is 49.7 Å². The highest BCUT2D eigenvalue weighted by molar-refractivity contribution is 6.30. The summed E-state index contributed by atoms with van der Waals surface area (Å²) in [6, 6.07) is 17.2. The van der Waals surface area contributed by atoms with Crippen LogP contribution < -0.4 is 5.01 Å². The molecule has 0 radical (unpaired) electrons. The number of para-hydroxylation sites is 1. The molecule has 26 heavy (non-hydrogen) atoms. The Kier molecular flexibility index (Phi) is 3.69. The standard InChI is InChI=1S/C22H18N2O2/c1-15-7-6-8-17(13-15)20-14-19(25)11-12-22(20)16(2)23-24(21(22)26)18-9-4-3-5-10-18/h3-14H,1-2H3. The smallest absolute Gasteiger partial charge is 0.267 e. The van der Waals surface area contributed by atoms with E-state index in [-0.39, 0.29) is 11.7 Å². The van der Waals surface area contributed by atoms with Gasteiger partial charge in [0.1, 0.15) is 5.41 Å². The summed E-state index contributed by atoms with van der Waals surface area (Å²) >= 11 is 0. The van der Waals surface area contributed by atoms with Crippen LogP contribution in [0.25, 0.3) is 5.57 Å². The van der Waals surface area contributed by atoms with Crippen LogP contribution in [0, 0.1) is 12.3 Å². The Morgan fingerprint density at radius 2 is 1.73 bits per heavy atom. The van der Waals surface area contributed by atoms with E-state index >= 15 is 0 Å². The van der Waals surface area contributed by atoms with Gasteiger partial charge < -0.3 is 0 Å². The molecule has 4 rings (SSSR count). The molecule has 1 aliphatic heterocycles. The monoisotopic (exact) mass is 342 g/mol. The van der Waals surface area contributed by atoms with E-state index in [2.05, 4.69) is 5.10 Å². The van der Waals surface area contributed by atoms with Gasteiger partial charge in [0, 0.05) is 0 Å². The summed E-state index contributed by atoms with van der Waals surface area (Å²) in [5.41, 5.74) is 2.93. The van der Waals surface area contributed by atoms with E-state index in [9.17, 15) is 9.59 Å². The van der Waals surface area contributed by atoms with Crippen molar-refractivity contribution in [1.82, 2.24) is 0 Å². The van der Waals surface area contributed by atoms with Crippen molar-refractivity contribution in [1.29, 1.82) is 0 Å². The van der Waals surface area contributed by atoms with Gasteiger partial charge in [0.05, 0.1) is 11.4 Å². The lowest BCUT2D eigenvalue weighted by Crippen LogP contribution is -2.40. The summed E-state index contributed by atoms with van der Waals surface area (Å²) in [4.78, 5) is 25.6. The zero-order valence-corrected chi connectivity index (χ0v) is 14.6. The van der Waals surface area contributed by atoms with Gasteiger partial charge in [0.25, 0.3) is 5.91 Å². The molecule has 4 heteroatoms. The zero-order chi connectivity index (χ0) is 18.3. The Morgan fingerprint density at radius 1 is 0.962 bits per heavy atom. The second-order valence-electron chi connectivity index (χ2n) is 6.61. The highest BCUT2D eigenvalue weighted by Gasteiger charge is 2.52. The Hall–Kier alpha value is -3.27. The molecule has 0 fully saturated rings. The fourth-order valence-electron chi connectivity index (χ4n) is 3.57. The van der Waals surface area contributed by atoms with Crippen LogP contribution in [-0.2, 0) is 9.59 Å². The van der Waals surface area contributed by atoms with Gasteiger partial charge in [0.15, 0.2) is 5.78 Å². The lowest BCUT2D eigenvalue weighted by molar-refractivity contribution is -0.120. The van der Waals surface area contributed by atoms with Crippen LogP contribution >= 0.6 is 0 Å². The van der Waals surface area contributed by atoms with Crippen LogP contribution in [-0.4, -0.2) is 17.4 Å². The maximum atomic E-state index is 13.5. The minimum absolute atomic E-state index is 0.120. The molecule has 0 saturated heterocycles. The number of carbonyl (C=O) groups excluding carboxylic acids is 2.